The second kappa shape index (κ2) is 11.6. The van der Waals surface area contributed by atoms with Crippen LogP contribution in [0.5, 0.6) is 11.5 Å². The van der Waals surface area contributed by atoms with Gasteiger partial charge in [-0.15, -0.1) is 0 Å². The number of ether oxygens (including phenoxy) is 1. The second-order valence-corrected chi connectivity index (χ2v) is 8.56. The predicted molar refractivity (Wildman–Crippen MR) is 115 cm³/mol. The second-order valence-electron chi connectivity index (χ2n) is 5.96. The maximum absolute atomic E-state index is 13.5. The molecule has 1 N–H and O–H groups in total. The highest BCUT2D eigenvalue weighted by molar-refractivity contribution is 7.98. The Bertz CT molecular complexity index is 880. The third-order valence-corrected chi connectivity index (χ3v) is 5.91. The Morgan fingerprint density at radius 3 is 2.27 bits per heavy atom. The van der Waals surface area contributed by atoms with Crippen molar-refractivity contribution >= 4 is 31.2 Å². The third-order valence-electron chi connectivity index (χ3n) is 3.74. The van der Waals surface area contributed by atoms with Crippen molar-refractivity contribution in [1.29, 1.82) is 0 Å². The summed E-state index contributed by atoms with van der Waals surface area (Å²) in [5, 5.41) is 13.5. The van der Waals surface area contributed by atoms with Gasteiger partial charge in [0, 0.05) is 12.1 Å². The Morgan fingerprint density at radius 1 is 1.13 bits per heavy atom. The molecule has 9 nitrogen and oxygen atoms in total. The van der Waals surface area contributed by atoms with Crippen molar-refractivity contribution in [2.24, 2.45) is 0 Å². The Morgan fingerprint density at radius 2 is 1.73 bits per heavy atom. The molecule has 162 valence electrons. The zero-order chi connectivity index (χ0) is 22.0. The van der Waals surface area contributed by atoms with Gasteiger partial charge in [-0.1, -0.05) is 18.2 Å². The standard InChI is InChI=1S/C19H23N2O7PS/c1-3-26-19(22)18(13-14-30-2)20-29(25,27-16-7-5-4-6-8-16)28-17-11-9-15(10-12-17)21(23)24/h4-12,18H,3,13-14H2,1-2H3,(H,20,25)/t18-,29?/m0/s1. The van der Waals surface area contributed by atoms with Gasteiger partial charge in [-0.3, -0.25) is 14.9 Å². The predicted octanol–water partition coefficient (Wildman–Crippen LogP) is 4.44. The molecule has 0 fully saturated rings. The van der Waals surface area contributed by atoms with Gasteiger partial charge in [-0.25, -0.2) is 4.57 Å². The number of nitro groups is 1. The summed E-state index contributed by atoms with van der Waals surface area (Å²) in [4.78, 5) is 22.6. The number of para-hydroxylation sites is 1. The number of hydrogen-bond donors (Lipinski definition) is 1. The lowest BCUT2D eigenvalue weighted by Crippen LogP contribution is -2.38. The number of nitro benzene ring substituents is 1. The first kappa shape index (κ1) is 23.7. The number of esters is 1. The number of hydrogen-bond acceptors (Lipinski definition) is 8. The Kier molecular flexibility index (Phi) is 9.16. The van der Waals surface area contributed by atoms with E-state index >= 15 is 0 Å². The highest BCUT2D eigenvalue weighted by Gasteiger charge is 2.35. The average molecular weight is 454 g/mol. The van der Waals surface area contributed by atoms with Crippen molar-refractivity contribution in [2.75, 3.05) is 18.6 Å². The first-order valence-corrected chi connectivity index (χ1v) is 12.0. The van der Waals surface area contributed by atoms with E-state index in [1.54, 1.807) is 37.3 Å². The van der Waals surface area contributed by atoms with E-state index in [4.69, 9.17) is 13.8 Å². The van der Waals surface area contributed by atoms with Crippen molar-refractivity contribution < 1.29 is 28.1 Å². The molecule has 30 heavy (non-hydrogen) atoms. The van der Waals surface area contributed by atoms with Crippen molar-refractivity contribution in [2.45, 2.75) is 19.4 Å². The van der Waals surface area contributed by atoms with Crippen LogP contribution in [-0.2, 0) is 14.1 Å². The van der Waals surface area contributed by atoms with Gasteiger partial charge in [-0.2, -0.15) is 16.8 Å². The van der Waals surface area contributed by atoms with Crippen molar-refractivity contribution in [3.05, 3.63) is 64.7 Å². The van der Waals surface area contributed by atoms with Crippen LogP contribution in [0, 0.1) is 10.1 Å². The molecule has 0 aromatic heterocycles. The van der Waals surface area contributed by atoms with Gasteiger partial charge >= 0.3 is 13.7 Å². The zero-order valence-corrected chi connectivity index (χ0v) is 18.3. The Labute approximate surface area is 178 Å². The fourth-order valence-corrected chi connectivity index (χ4v) is 4.39. The molecule has 2 atom stereocenters. The Hall–Kier alpha value is -2.55. The summed E-state index contributed by atoms with van der Waals surface area (Å²) < 4.78 is 29.8. The van der Waals surface area contributed by atoms with Crippen LogP contribution in [0.15, 0.2) is 54.6 Å². The zero-order valence-electron chi connectivity index (χ0n) is 16.6. The molecule has 0 aliphatic rings. The monoisotopic (exact) mass is 454 g/mol. The molecule has 1 unspecified atom stereocenters. The first-order valence-electron chi connectivity index (χ1n) is 9.09. The van der Waals surface area contributed by atoms with Crippen LogP contribution in [0.2, 0.25) is 0 Å². The fraction of sp³-hybridized carbons (Fsp3) is 0.316. The van der Waals surface area contributed by atoms with Gasteiger partial charge in [0.2, 0.25) is 0 Å². The number of benzene rings is 2. The van der Waals surface area contributed by atoms with Crippen LogP contribution in [0.25, 0.3) is 0 Å². The molecular formula is C19H23N2O7PS. The summed E-state index contributed by atoms with van der Waals surface area (Å²) in [5.74, 6) is 0.387. The molecule has 0 radical (unpaired) electrons. The highest BCUT2D eigenvalue weighted by Crippen LogP contribution is 2.45. The van der Waals surface area contributed by atoms with Crippen molar-refractivity contribution in [1.82, 2.24) is 5.09 Å². The minimum absolute atomic E-state index is 0.0832. The van der Waals surface area contributed by atoms with Gasteiger partial charge in [0.1, 0.15) is 17.5 Å². The van der Waals surface area contributed by atoms with Crippen LogP contribution in [-0.4, -0.2) is 35.5 Å². The number of nitrogens with one attached hydrogen (secondary N) is 1. The fourth-order valence-electron chi connectivity index (χ4n) is 2.36. The van der Waals surface area contributed by atoms with Gasteiger partial charge in [0.15, 0.2) is 0 Å². The molecule has 2 rings (SSSR count). The highest BCUT2D eigenvalue weighted by atomic mass is 32.2. The summed E-state index contributed by atoms with van der Waals surface area (Å²) in [6, 6.07) is 12.5. The van der Waals surface area contributed by atoms with Gasteiger partial charge in [0.25, 0.3) is 5.69 Å². The molecule has 0 aliphatic heterocycles. The summed E-state index contributed by atoms with van der Waals surface area (Å²) in [6.45, 7) is 1.85. The molecule has 2 aromatic rings. The maximum Gasteiger partial charge on any atom is 0.513 e. The number of rotatable bonds is 12. The molecular weight excluding hydrogens is 431 g/mol. The summed E-state index contributed by atoms with van der Waals surface area (Å²) >= 11 is 1.52. The molecule has 11 heteroatoms. The lowest BCUT2D eigenvalue weighted by atomic mass is 10.2. The van der Waals surface area contributed by atoms with Crippen LogP contribution in [0.4, 0.5) is 5.69 Å². The van der Waals surface area contributed by atoms with Gasteiger partial charge in [-0.05, 0) is 49.6 Å². The minimum Gasteiger partial charge on any atom is -0.465 e. The lowest BCUT2D eigenvalue weighted by molar-refractivity contribution is -0.384. The van der Waals surface area contributed by atoms with Gasteiger partial charge in [0.05, 0.1) is 11.5 Å². The number of non-ortho nitro benzene ring substituents is 1. The van der Waals surface area contributed by atoms with Crippen molar-refractivity contribution in [3.8, 4) is 11.5 Å². The maximum atomic E-state index is 13.5. The van der Waals surface area contributed by atoms with Crippen LogP contribution in [0.3, 0.4) is 0 Å². The number of thioether (sulfide) groups is 1. The van der Waals surface area contributed by atoms with E-state index in [1.807, 2.05) is 6.26 Å². The summed E-state index contributed by atoms with van der Waals surface area (Å²) in [6.07, 6.45) is 2.22. The number of nitrogens with zero attached hydrogens (tertiary/aromatic N) is 1. The molecule has 2 aromatic carbocycles. The molecule has 0 saturated heterocycles. The summed E-state index contributed by atoms with van der Waals surface area (Å²) in [7, 11) is -4.11. The smallest absolute Gasteiger partial charge is 0.465 e. The molecule has 0 saturated carbocycles. The Balaban J connectivity index is 2.30. The average Bonchev–Trinajstić information content (AvgIpc) is 2.72. The van der Waals surface area contributed by atoms with Crippen LogP contribution < -0.4 is 14.1 Å². The normalized spacial score (nSPS) is 13.7. The van der Waals surface area contributed by atoms with E-state index in [2.05, 4.69) is 5.09 Å². The molecule has 0 bridgehead atoms. The van der Waals surface area contributed by atoms with E-state index in [9.17, 15) is 19.5 Å². The van der Waals surface area contributed by atoms with E-state index in [1.165, 1.54) is 36.0 Å². The summed E-state index contributed by atoms with van der Waals surface area (Å²) in [5.41, 5.74) is -0.140. The topological polar surface area (TPSA) is 117 Å². The largest absolute Gasteiger partial charge is 0.513 e. The quantitative estimate of drug-likeness (QED) is 0.215. The van der Waals surface area contributed by atoms with E-state index in [0.29, 0.717) is 12.2 Å². The molecule has 0 aliphatic carbocycles. The SMILES string of the molecule is CCOC(=O)[C@H](CCSC)NP(=O)(Oc1ccccc1)Oc1ccc([N+](=O)[O-])cc1. The van der Waals surface area contributed by atoms with Crippen LogP contribution >= 0.6 is 19.5 Å². The molecule has 0 heterocycles. The van der Waals surface area contributed by atoms with E-state index < -0.39 is 24.7 Å². The third kappa shape index (κ3) is 7.37. The van der Waals surface area contributed by atoms with E-state index in [0.717, 1.165) is 0 Å². The molecule has 0 spiro atoms. The number of carbonyl (C=O) groups excluding carboxylic acids is 1. The lowest BCUT2D eigenvalue weighted by Gasteiger charge is -2.24. The van der Waals surface area contributed by atoms with E-state index in [-0.39, 0.29) is 23.8 Å². The minimum atomic E-state index is -4.11. The van der Waals surface area contributed by atoms with Gasteiger partial charge < -0.3 is 13.8 Å². The molecule has 0 amide bonds. The first-order chi connectivity index (χ1) is 14.4. The van der Waals surface area contributed by atoms with Crippen molar-refractivity contribution in [3.63, 3.8) is 0 Å². The van der Waals surface area contributed by atoms with Crippen LogP contribution in [0.1, 0.15) is 13.3 Å². The number of carbonyl (C=O) groups is 1.